The summed E-state index contributed by atoms with van der Waals surface area (Å²) in [4.78, 5) is 10.2. The van der Waals surface area contributed by atoms with Gasteiger partial charge in [0.1, 0.15) is 0 Å². The monoisotopic (exact) mass is 343 g/mol. The van der Waals surface area contributed by atoms with Gasteiger partial charge in [0.05, 0.1) is 16.8 Å². The fraction of sp³-hybridized carbons (Fsp3) is 0.143. The number of nitrogens with one attached hydrogen (secondary N) is 1. The van der Waals surface area contributed by atoms with Crippen LogP contribution in [0.5, 0.6) is 0 Å². The largest absolute Gasteiger partial charge is 0.271 e. The Morgan fingerprint density at radius 3 is 2.62 bits per heavy atom. The molecule has 0 aliphatic carbocycles. The topological polar surface area (TPSA) is 107 Å². The van der Waals surface area contributed by atoms with Crippen LogP contribution in [-0.2, 0) is 0 Å². The highest BCUT2D eigenvalue weighted by Gasteiger charge is 2.11. The van der Waals surface area contributed by atoms with Crippen molar-refractivity contribution < 1.29 is 4.92 Å². The lowest BCUT2D eigenvalue weighted by Crippen LogP contribution is -2.07. The molecule has 0 amide bonds. The molecule has 0 aliphatic rings. The molecular weight excluding hydrogens is 330 g/mol. The first-order valence-corrected chi connectivity index (χ1v) is 7.36. The molecular formula is C14H13N7O2S. The Balaban J connectivity index is 1.96. The van der Waals surface area contributed by atoms with Crippen molar-refractivity contribution >= 4 is 24.1 Å². The molecule has 2 aromatic heterocycles. The van der Waals surface area contributed by atoms with E-state index in [0.29, 0.717) is 16.3 Å². The molecule has 0 bridgehead atoms. The number of nitro groups is 1. The molecule has 3 aromatic rings. The summed E-state index contributed by atoms with van der Waals surface area (Å²) in [5.41, 5.74) is 2.47. The van der Waals surface area contributed by atoms with Gasteiger partial charge in [-0.1, -0.05) is 0 Å². The zero-order valence-corrected chi connectivity index (χ0v) is 13.7. The Kier molecular flexibility index (Phi) is 4.04. The highest BCUT2D eigenvalue weighted by molar-refractivity contribution is 7.71. The van der Waals surface area contributed by atoms with Gasteiger partial charge in [-0.25, -0.2) is 9.78 Å². The second kappa shape index (κ2) is 6.16. The van der Waals surface area contributed by atoms with Gasteiger partial charge in [-0.05, 0) is 49.8 Å². The maximum absolute atomic E-state index is 10.7. The van der Waals surface area contributed by atoms with Crippen LogP contribution in [0, 0.1) is 28.7 Å². The second-order valence-corrected chi connectivity index (χ2v) is 5.46. The van der Waals surface area contributed by atoms with Crippen LogP contribution in [0.3, 0.4) is 0 Å². The third-order valence-electron chi connectivity index (χ3n) is 3.26. The van der Waals surface area contributed by atoms with Crippen molar-refractivity contribution in [2.75, 3.05) is 0 Å². The van der Waals surface area contributed by atoms with E-state index in [4.69, 9.17) is 12.2 Å². The normalized spacial score (nSPS) is 11.2. The lowest BCUT2D eigenvalue weighted by Gasteiger charge is -2.02. The van der Waals surface area contributed by atoms with E-state index in [9.17, 15) is 10.1 Å². The number of aromatic amines is 1. The maximum Gasteiger partial charge on any atom is 0.271 e. The van der Waals surface area contributed by atoms with Crippen molar-refractivity contribution in [3.8, 4) is 5.95 Å². The molecule has 1 aromatic carbocycles. The Morgan fingerprint density at radius 1 is 1.33 bits per heavy atom. The minimum Gasteiger partial charge on any atom is -0.258 e. The molecule has 3 rings (SSSR count). The van der Waals surface area contributed by atoms with Crippen molar-refractivity contribution in [3.05, 3.63) is 62.2 Å². The number of nitrogens with zero attached hydrogens (tertiary/aromatic N) is 6. The van der Waals surface area contributed by atoms with Crippen LogP contribution in [0.15, 0.2) is 35.4 Å². The predicted molar refractivity (Wildman–Crippen MR) is 90.1 cm³/mol. The number of rotatable bonds is 4. The number of aryl methyl sites for hydroxylation is 2. The quantitative estimate of drug-likeness (QED) is 0.339. The Morgan fingerprint density at radius 2 is 2.04 bits per heavy atom. The van der Waals surface area contributed by atoms with Crippen molar-refractivity contribution in [2.24, 2.45) is 5.10 Å². The summed E-state index contributed by atoms with van der Waals surface area (Å²) < 4.78 is 3.39. The van der Waals surface area contributed by atoms with Crippen LogP contribution >= 0.6 is 12.2 Å². The van der Waals surface area contributed by atoms with Crippen LogP contribution in [-0.4, -0.2) is 35.8 Å². The molecule has 0 spiro atoms. The average Bonchev–Trinajstić information content (AvgIpc) is 3.07. The summed E-state index contributed by atoms with van der Waals surface area (Å²) in [5.74, 6) is 0.434. The maximum atomic E-state index is 10.7. The molecule has 9 nitrogen and oxygen atoms in total. The molecule has 2 heterocycles. The molecule has 1 N–H and O–H groups in total. The van der Waals surface area contributed by atoms with E-state index in [1.165, 1.54) is 16.8 Å². The van der Waals surface area contributed by atoms with E-state index < -0.39 is 4.92 Å². The number of nitro benzene ring substituents is 1. The van der Waals surface area contributed by atoms with Crippen molar-refractivity contribution in [1.29, 1.82) is 0 Å². The van der Waals surface area contributed by atoms with Gasteiger partial charge >= 0.3 is 0 Å². The van der Waals surface area contributed by atoms with Crippen molar-refractivity contribution in [2.45, 2.75) is 13.8 Å². The molecule has 122 valence electrons. The summed E-state index contributed by atoms with van der Waals surface area (Å²) in [6, 6.07) is 7.96. The first kappa shape index (κ1) is 15.7. The lowest BCUT2D eigenvalue weighted by molar-refractivity contribution is -0.384. The van der Waals surface area contributed by atoms with Gasteiger partial charge < -0.3 is 0 Å². The molecule has 10 heteroatoms. The van der Waals surface area contributed by atoms with Crippen molar-refractivity contribution in [3.63, 3.8) is 0 Å². The zero-order chi connectivity index (χ0) is 17.3. The predicted octanol–water partition coefficient (Wildman–Crippen LogP) is 2.53. The van der Waals surface area contributed by atoms with E-state index in [1.807, 2.05) is 19.9 Å². The highest BCUT2D eigenvalue weighted by Crippen LogP contribution is 2.12. The number of hydrogen-bond donors (Lipinski definition) is 1. The molecule has 0 radical (unpaired) electrons. The summed E-state index contributed by atoms with van der Waals surface area (Å²) in [6.07, 6.45) is 1.55. The van der Waals surface area contributed by atoms with Crippen LogP contribution in [0.4, 0.5) is 5.69 Å². The molecule has 0 fully saturated rings. The Labute approximate surface area is 141 Å². The van der Waals surface area contributed by atoms with Gasteiger partial charge in [-0.2, -0.15) is 14.9 Å². The minimum absolute atomic E-state index is 0.0235. The first-order chi connectivity index (χ1) is 11.5. The van der Waals surface area contributed by atoms with E-state index in [-0.39, 0.29) is 5.69 Å². The second-order valence-electron chi connectivity index (χ2n) is 5.07. The minimum atomic E-state index is -0.450. The van der Waals surface area contributed by atoms with Gasteiger partial charge in [-0.3, -0.25) is 10.1 Å². The van der Waals surface area contributed by atoms with E-state index in [0.717, 1.165) is 11.4 Å². The van der Waals surface area contributed by atoms with Crippen LogP contribution in [0.2, 0.25) is 0 Å². The van der Waals surface area contributed by atoms with E-state index >= 15 is 0 Å². The molecule has 0 atom stereocenters. The summed E-state index contributed by atoms with van der Waals surface area (Å²) >= 11 is 5.19. The van der Waals surface area contributed by atoms with Gasteiger partial charge in [0.2, 0.25) is 4.77 Å². The van der Waals surface area contributed by atoms with Crippen LogP contribution < -0.4 is 0 Å². The van der Waals surface area contributed by atoms with Crippen molar-refractivity contribution in [1.82, 2.24) is 24.7 Å². The number of hydrogen-bond acceptors (Lipinski definition) is 6. The number of benzene rings is 1. The van der Waals surface area contributed by atoms with Gasteiger partial charge in [0, 0.05) is 17.8 Å². The average molecular weight is 343 g/mol. The standard InChI is InChI=1S/C14H13N7O2S/c1-9-7-10(2)19(18-9)13-16-17-14(24)20(13)15-8-11-3-5-12(6-4-11)21(22)23/h3-8H,1-2H3,(H,17,24)/b15-8-. The third-order valence-corrected chi connectivity index (χ3v) is 3.52. The summed E-state index contributed by atoms with van der Waals surface area (Å²) in [7, 11) is 0. The number of H-pyrrole nitrogens is 1. The summed E-state index contributed by atoms with van der Waals surface area (Å²) in [6.45, 7) is 3.79. The SMILES string of the molecule is Cc1cc(C)n(-c2n[nH]c(=S)n2/N=C\c2ccc([N+](=O)[O-])cc2)n1. The lowest BCUT2D eigenvalue weighted by atomic mass is 10.2. The fourth-order valence-electron chi connectivity index (χ4n) is 2.16. The van der Waals surface area contributed by atoms with Crippen LogP contribution in [0.25, 0.3) is 5.95 Å². The zero-order valence-electron chi connectivity index (χ0n) is 12.9. The fourth-order valence-corrected chi connectivity index (χ4v) is 2.34. The smallest absolute Gasteiger partial charge is 0.258 e. The number of non-ortho nitro benzene ring substituents is 1. The van der Waals surface area contributed by atoms with Gasteiger partial charge in [-0.15, -0.1) is 5.10 Å². The Bertz CT molecular complexity index is 981. The van der Waals surface area contributed by atoms with E-state index in [1.54, 1.807) is 23.0 Å². The third kappa shape index (κ3) is 2.99. The van der Waals surface area contributed by atoms with Gasteiger partial charge in [0.15, 0.2) is 0 Å². The van der Waals surface area contributed by atoms with Gasteiger partial charge in [0.25, 0.3) is 11.6 Å². The van der Waals surface area contributed by atoms with Crippen LogP contribution in [0.1, 0.15) is 17.0 Å². The molecule has 24 heavy (non-hydrogen) atoms. The molecule has 0 saturated carbocycles. The molecule has 0 aliphatic heterocycles. The first-order valence-electron chi connectivity index (χ1n) is 6.95. The summed E-state index contributed by atoms with van der Waals surface area (Å²) in [5, 5.41) is 26.2. The molecule has 0 saturated heterocycles. The number of aromatic nitrogens is 5. The molecule has 0 unspecified atom stereocenters. The Hall–Kier alpha value is -3.14. The highest BCUT2D eigenvalue weighted by atomic mass is 32.1. The van der Waals surface area contributed by atoms with E-state index in [2.05, 4.69) is 20.4 Å².